The van der Waals surface area contributed by atoms with Gasteiger partial charge < -0.3 is 35.1 Å². The summed E-state index contributed by atoms with van der Waals surface area (Å²) in [6.07, 6.45) is 6.42. The van der Waals surface area contributed by atoms with Gasteiger partial charge in [0.25, 0.3) is 0 Å². The monoisotopic (exact) mass is 825 g/mol. The van der Waals surface area contributed by atoms with Crippen molar-refractivity contribution < 1.29 is 23.9 Å². The number of amides is 5. The molecule has 0 radical (unpaired) electrons. The Hall–Kier alpha value is -5.61. The van der Waals surface area contributed by atoms with E-state index >= 15 is 0 Å². The molecule has 16 heteroatoms. The van der Waals surface area contributed by atoms with Crippen molar-refractivity contribution in [2.24, 2.45) is 0 Å². The molecule has 0 fully saturated rings. The number of nitrogens with zero attached hydrogens (tertiary/aromatic N) is 6. The molecule has 1 aliphatic heterocycles. The summed E-state index contributed by atoms with van der Waals surface area (Å²) in [5, 5.41) is 12.0. The molecule has 5 amide bonds. The molecule has 0 spiro atoms. The zero-order valence-corrected chi connectivity index (χ0v) is 34.7. The molecule has 0 aliphatic carbocycles. The number of hydrogen-bond donors (Lipinski definition) is 3. The number of urea groups is 1. The number of ether oxygens (including phenoxy) is 1. The third kappa shape index (κ3) is 12.4. The van der Waals surface area contributed by atoms with Gasteiger partial charge in [0.05, 0.1) is 52.6 Å². The van der Waals surface area contributed by atoms with Crippen molar-refractivity contribution >= 4 is 46.6 Å². The van der Waals surface area contributed by atoms with E-state index in [0.29, 0.717) is 45.3 Å². The molecule has 6 rings (SSSR count). The van der Waals surface area contributed by atoms with Gasteiger partial charge in [0.1, 0.15) is 12.6 Å². The van der Waals surface area contributed by atoms with Gasteiger partial charge >= 0.3 is 12.1 Å². The predicted molar refractivity (Wildman–Crippen MR) is 223 cm³/mol. The van der Waals surface area contributed by atoms with Crippen LogP contribution < -0.4 is 16.0 Å². The van der Waals surface area contributed by atoms with Crippen LogP contribution in [0, 0.1) is 0 Å². The Labute approximate surface area is 347 Å². The smallest absolute Gasteiger partial charge is 0.407 e. The number of carbonyl (C=O) groups is 4. The van der Waals surface area contributed by atoms with Crippen LogP contribution in [0.1, 0.15) is 71.4 Å². The number of thiazole rings is 2. The highest BCUT2D eigenvalue weighted by molar-refractivity contribution is 7.09. The number of rotatable bonds is 18. The molecule has 58 heavy (non-hydrogen) atoms. The summed E-state index contributed by atoms with van der Waals surface area (Å²) in [5.41, 5.74) is 5.40. The van der Waals surface area contributed by atoms with Crippen LogP contribution in [-0.4, -0.2) is 85.0 Å². The summed E-state index contributed by atoms with van der Waals surface area (Å²) in [6, 6.07) is 17.3. The molecular formula is C42H51N9O5S2. The fourth-order valence-electron chi connectivity index (χ4n) is 6.75. The Balaban J connectivity index is 1.17. The van der Waals surface area contributed by atoms with E-state index in [0.717, 1.165) is 32.4 Å². The van der Waals surface area contributed by atoms with Gasteiger partial charge in [-0.1, -0.05) is 74.5 Å². The van der Waals surface area contributed by atoms with Crippen LogP contribution in [0.2, 0.25) is 0 Å². The van der Waals surface area contributed by atoms with Crippen molar-refractivity contribution in [3.8, 4) is 0 Å². The first-order valence-corrected chi connectivity index (χ1v) is 21.3. The minimum absolute atomic E-state index is 0.117. The van der Waals surface area contributed by atoms with E-state index in [2.05, 4.69) is 44.7 Å². The lowest BCUT2D eigenvalue weighted by Crippen LogP contribution is -2.54. The third-order valence-electron chi connectivity index (χ3n) is 9.93. The second kappa shape index (κ2) is 20.7. The molecule has 3 N–H and O–H groups in total. The molecule has 2 aromatic carbocycles. The SMILES string of the molecule is CC(C)c1nc(CN(C)C(=O)NC(CC(=O)N2CCn3cncc3C2)C(=O)NC(CCC(Cc2ccccc2)NC(=O)OCc2cncs2)Cc2ccccc2)cs1. The minimum atomic E-state index is -1.16. The number of carbonyl (C=O) groups excluding carboxylic acids is 4. The van der Waals surface area contributed by atoms with E-state index in [9.17, 15) is 19.2 Å². The maximum Gasteiger partial charge on any atom is 0.407 e. The van der Waals surface area contributed by atoms with Crippen LogP contribution in [0.4, 0.5) is 9.59 Å². The second-order valence-corrected chi connectivity index (χ2v) is 16.7. The van der Waals surface area contributed by atoms with Gasteiger partial charge in [-0.3, -0.25) is 14.6 Å². The fraction of sp³-hybridized carbons (Fsp3) is 0.405. The topological polar surface area (TPSA) is 164 Å². The minimum Gasteiger partial charge on any atom is -0.444 e. The average Bonchev–Trinajstić information content (AvgIpc) is 4.02. The number of benzene rings is 2. The van der Waals surface area contributed by atoms with E-state index in [1.807, 2.05) is 70.6 Å². The largest absolute Gasteiger partial charge is 0.444 e. The summed E-state index contributed by atoms with van der Waals surface area (Å²) in [6.45, 7) is 5.92. The molecule has 306 valence electrons. The molecule has 0 saturated carbocycles. The number of imidazole rings is 1. The fourth-order valence-corrected chi connectivity index (χ4v) is 8.09. The van der Waals surface area contributed by atoms with Crippen molar-refractivity contribution in [3.05, 3.63) is 123 Å². The molecule has 3 unspecified atom stereocenters. The molecule has 1 aliphatic rings. The number of alkyl carbamates (subject to hydrolysis) is 1. The quantitative estimate of drug-likeness (QED) is 0.0983. The summed E-state index contributed by atoms with van der Waals surface area (Å²) in [7, 11) is 1.65. The summed E-state index contributed by atoms with van der Waals surface area (Å²) in [4.78, 5) is 71.9. The standard InChI is InChI=1S/C42H51N9O5S2/c1-29(2)40-46-34(26-57-40)23-49(3)41(54)48-37(20-38(52)50-16-17-51-27-43-21-35(51)24-50)39(53)45-32(18-30-10-6-4-7-11-30)14-15-33(19-31-12-8-5-9-13-31)47-42(55)56-25-36-22-44-28-58-36/h4-13,21-22,26-29,32-33,37H,14-20,23-25H2,1-3H3,(H,45,53)(H,47,55)(H,48,54). The van der Waals surface area contributed by atoms with Crippen molar-refractivity contribution in [1.82, 2.24) is 45.3 Å². The normalized spacial score (nSPS) is 13.9. The van der Waals surface area contributed by atoms with Crippen molar-refractivity contribution in [2.45, 2.75) is 96.2 Å². The maximum atomic E-state index is 14.4. The average molecular weight is 826 g/mol. The van der Waals surface area contributed by atoms with Gasteiger partial charge in [0.15, 0.2) is 0 Å². The molecule has 4 heterocycles. The van der Waals surface area contributed by atoms with E-state index in [4.69, 9.17) is 4.74 Å². The molecule has 3 aromatic heterocycles. The van der Waals surface area contributed by atoms with Gasteiger partial charge in [0.2, 0.25) is 11.8 Å². The van der Waals surface area contributed by atoms with Gasteiger partial charge in [-0.05, 0) is 36.8 Å². The highest BCUT2D eigenvalue weighted by atomic mass is 32.1. The van der Waals surface area contributed by atoms with E-state index in [-0.39, 0.29) is 37.4 Å². The highest BCUT2D eigenvalue weighted by Gasteiger charge is 2.31. The number of hydrogen-bond acceptors (Lipinski definition) is 10. The van der Waals surface area contributed by atoms with E-state index in [1.54, 1.807) is 47.5 Å². The van der Waals surface area contributed by atoms with Gasteiger partial charge in [-0.25, -0.2) is 19.6 Å². The lowest BCUT2D eigenvalue weighted by molar-refractivity contribution is -0.136. The Kier molecular flexibility index (Phi) is 15.0. The van der Waals surface area contributed by atoms with Crippen LogP contribution >= 0.6 is 22.7 Å². The lowest BCUT2D eigenvalue weighted by atomic mass is 9.95. The Morgan fingerprint density at radius 3 is 2.19 bits per heavy atom. The first-order valence-electron chi connectivity index (χ1n) is 19.5. The molecule has 0 saturated heterocycles. The highest BCUT2D eigenvalue weighted by Crippen LogP contribution is 2.21. The molecule has 3 atom stereocenters. The predicted octanol–water partition coefficient (Wildman–Crippen LogP) is 5.91. The molecule has 14 nitrogen and oxygen atoms in total. The third-order valence-corrected chi connectivity index (χ3v) is 11.9. The van der Waals surface area contributed by atoms with Crippen molar-refractivity contribution in [3.63, 3.8) is 0 Å². The molecular weight excluding hydrogens is 775 g/mol. The van der Waals surface area contributed by atoms with Gasteiger partial charge in [-0.15, -0.1) is 22.7 Å². The van der Waals surface area contributed by atoms with Crippen LogP contribution in [0.25, 0.3) is 0 Å². The zero-order chi connectivity index (χ0) is 40.9. The molecule has 0 bridgehead atoms. The number of nitrogens with one attached hydrogen (secondary N) is 3. The van der Waals surface area contributed by atoms with Crippen LogP contribution in [0.5, 0.6) is 0 Å². The summed E-state index contributed by atoms with van der Waals surface area (Å²) < 4.78 is 7.53. The maximum absolute atomic E-state index is 14.4. The molecule has 5 aromatic rings. The van der Waals surface area contributed by atoms with Crippen molar-refractivity contribution in [1.29, 1.82) is 0 Å². The summed E-state index contributed by atoms with van der Waals surface area (Å²) in [5.74, 6) is -0.452. The summed E-state index contributed by atoms with van der Waals surface area (Å²) >= 11 is 2.96. The zero-order valence-electron chi connectivity index (χ0n) is 33.1. The number of fused-ring (bicyclic) bond motifs is 1. The Morgan fingerprint density at radius 2 is 1.55 bits per heavy atom. The Bertz CT molecular complexity index is 2070. The van der Waals surface area contributed by atoms with E-state index in [1.165, 1.54) is 16.2 Å². The first kappa shape index (κ1) is 42.0. The number of aromatic nitrogens is 4. The van der Waals surface area contributed by atoms with Gasteiger partial charge in [-0.2, -0.15) is 0 Å². The Morgan fingerprint density at radius 1 is 0.862 bits per heavy atom. The van der Waals surface area contributed by atoms with Crippen LogP contribution in [0.3, 0.4) is 0 Å². The first-order chi connectivity index (χ1) is 28.1. The van der Waals surface area contributed by atoms with Gasteiger partial charge in [0, 0.05) is 55.9 Å². The van der Waals surface area contributed by atoms with Crippen molar-refractivity contribution in [2.75, 3.05) is 13.6 Å². The van der Waals surface area contributed by atoms with Crippen LogP contribution in [-0.2, 0) is 53.4 Å². The second-order valence-electron chi connectivity index (χ2n) is 14.8. The lowest BCUT2D eigenvalue weighted by Gasteiger charge is -2.31. The van der Waals surface area contributed by atoms with Crippen LogP contribution in [0.15, 0.2) is 90.3 Å². The van der Waals surface area contributed by atoms with E-state index < -0.39 is 30.1 Å².